The van der Waals surface area contributed by atoms with Gasteiger partial charge in [-0.3, -0.25) is 10.1 Å². The molecule has 150 valence electrons. The summed E-state index contributed by atoms with van der Waals surface area (Å²) in [5.41, 5.74) is 1.10. The topological polar surface area (TPSA) is 119 Å². The molecule has 2 heterocycles. The van der Waals surface area contributed by atoms with Crippen molar-refractivity contribution >= 4 is 63.7 Å². The van der Waals surface area contributed by atoms with Gasteiger partial charge in [-0.2, -0.15) is 4.98 Å². The van der Waals surface area contributed by atoms with Crippen molar-refractivity contribution in [3.05, 3.63) is 74.8 Å². The summed E-state index contributed by atoms with van der Waals surface area (Å²) < 4.78 is 1.67. The first-order chi connectivity index (χ1) is 14.4. The first-order valence-electron chi connectivity index (χ1n) is 8.47. The van der Waals surface area contributed by atoms with Gasteiger partial charge in [0, 0.05) is 42.0 Å². The standard InChI is InChI=1S/C19H12Cl2N6O3/c20-15-2-1-12(8-16(15)21)23-19-24-17-11(3-5-26-6-4-22-10-26)7-13(27(29)30)9-14(17)18(28)25-19/h1-10H,(H2,23,24,25,28)/b5-3+. The number of nitro benzene ring substituents is 1. The summed E-state index contributed by atoms with van der Waals surface area (Å²) in [6.07, 6.45) is 8.17. The number of nitrogens with zero attached hydrogens (tertiary/aromatic N) is 5. The quantitative estimate of drug-likeness (QED) is 0.325. The Bertz CT molecular complexity index is 1290. The number of hydrogen-bond acceptors (Lipinski definition) is 7. The zero-order chi connectivity index (χ0) is 21.3. The van der Waals surface area contributed by atoms with Crippen LogP contribution in [0.2, 0.25) is 10.0 Å². The molecule has 0 fully saturated rings. The van der Waals surface area contributed by atoms with Gasteiger partial charge in [-0.25, -0.2) is 9.97 Å². The Morgan fingerprint density at radius 3 is 2.70 bits per heavy atom. The minimum Gasteiger partial charge on any atom is -0.493 e. The van der Waals surface area contributed by atoms with E-state index in [4.69, 9.17) is 23.2 Å². The average molecular weight is 443 g/mol. The lowest BCUT2D eigenvalue weighted by molar-refractivity contribution is -0.384. The predicted molar refractivity (Wildman–Crippen MR) is 115 cm³/mol. The molecule has 2 N–H and O–H groups in total. The van der Waals surface area contributed by atoms with E-state index in [9.17, 15) is 15.2 Å². The average Bonchev–Trinajstić information content (AvgIpc) is 3.23. The number of imidazole rings is 1. The van der Waals surface area contributed by atoms with Gasteiger partial charge in [0.15, 0.2) is 0 Å². The Labute approximate surface area is 179 Å². The normalized spacial score (nSPS) is 11.3. The molecule has 0 saturated heterocycles. The highest BCUT2D eigenvalue weighted by Gasteiger charge is 2.16. The van der Waals surface area contributed by atoms with Crippen molar-refractivity contribution in [2.75, 3.05) is 5.32 Å². The molecule has 0 radical (unpaired) electrons. The van der Waals surface area contributed by atoms with Crippen LogP contribution in [0.3, 0.4) is 0 Å². The van der Waals surface area contributed by atoms with Crippen LogP contribution in [-0.2, 0) is 0 Å². The second-order valence-corrected chi connectivity index (χ2v) is 6.95. The fourth-order valence-electron chi connectivity index (χ4n) is 2.74. The van der Waals surface area contributed by atoms with Crippen molar-refractivity contribution in [1.29, 1.82) is 0 Å². The molecule has 0 amide bonds. The van der Waals surface area contributed by atoms with Crippen LogP contribution in [0.5, 0.6) is 5.88 Å². The van der Waals surface area contributed by atoms with Gasteiger partial charge in [0.25, 0.3) is 5.69 Å². The second-order valence-electron chi connectivity index (χ2n) is 6.14. The van der Waals surface area contributed by atoms with E-state index in [1.165, 1.54) is 12.1 Å². The van der Waals surface area contributed by atoms with E-state index in [1.54, 1.807) is 53.8 Å². The fraction of sp³-hybridized carbons (Fsp3) is 0. The molecule has 0 saturated carbocycles. The van der Waals surface area contributed by atoms with Crippen LogP contribution in [0.1, 0.15) is 5.56 Å². The molecule has 0 spiro atoms. The first kappa shape index (κ1) is 19.6. The van der Waals surface area contributed by atoms with Crippen molar-refractivity contribution in [3.8, 4) is 5.88 Å². The number of aromatic hydroxyl groups is 1. The highest BCUT2D eigenvalue weighted by atomic mass is 35.5. The Balaban J connectivity index is 1.82. The molecule has 9 nitrogen and oxygen atoms in total. The minimum atomic E-state index is -0.546. The summed E-state index contributed by atoms with van der Waals surface area (Å²) >= 11 is 12.0. The highest BCUT2D eigenvalue weighted by Crippen LogP contribution is 2.32. The number of non-ortho nitro benzene ring substituents is 1. The lowest BCUT2D eigenvalue weighted by Crippen LogP contribution is -2.00. The minimum absolute atomic E-state index is 0.0875. The lowest BCUT2D eigenvalue weighted by atomic mass is 10.1. The number of halogens is 2. The van der Waals surface area contributed by atoms with Gasteiger partial charge in [-0.1, -0.05) is 23.2 Å². The zero-order valence-corrected chi connectivity index (χ0v) is 16.5. The maximum Gasteiger partial charge on any atom is 0.270 e. The third-order valence-electron chi connectivity index (χ3n) is 4.13. The monoisotopic (exact) mass is 442 g/mol. The molecule has 30 heavy (non-hydrogen) atoms. The lowest BCUT2D eigenvalue weighted by Gasteiger charge is -2.09. The van der Waals surface area contributed by atoms with Gasteiger partial charge in [-0.15, -0.1) is 0 Å². The molecule has 2 aromatic heterocycles. The molecule has 2 aromatic carbocycles. The van der Waals surface area contributed by atoms with Crippen molar-refractivity contribution in [2.45, 2.75) is 0 Å². The number of benzene rings is 2. The van der Waals surface area contributed by atoms with Crippen LogP contribution in [0, 0.1) is 10.1 Å². The van der Waals surface area contributed by atoms with E-state index >= 15 is 0 Å². The number of aromatic nitrogens is 4. The maximum atomic E-state index is 11.3. The fourth-order valence-corrected chi connectivity index (χ4v) is 3.04. The number of hydrogen-bond donors (Lipinski definition) is 2. The molecule has 0 aliphatic carbocycles. The van der Waals surface area contributed by atoms with Gasteiger partial charge in [0.05, 0.1) is 32.2 Å². The number of fused-ring (bicyclic) bond motifs is 1. The largest absolute Gasteiger partial charge is 0.493 e. The zero-order valence-electron chi connectivity index (χ0n) is 15.0. The van der Waals surface area contributed by atoms with E-state index in [1.807, 2.05) is 0 Å². The van der Waals surface area contributed by atoms with Crippen molar-refractivity contribution in [1.82, 2.24) is 19.5 Å². The van der Waals surface area contributed by atoms with Crippen molar-refractivity contribution in [3.63, 3.8) is 0 Å². The molecule has 0 unspecified atom stereocenters. The molecular weight excluding hydrogens is 431 g/mol. The Kier molecular flexibility index (Phi) is 5.21. The predicted octanol–water partition coefficient (Wildman–Crippen LogP) is 5.12. The Morgan fingerprint density at radius 2 is 2.00 bits per heavy atom. The van der Waals surface area contributed by atoms with E-state index in [-0.39, 0.29) is 17.0 Å². The molecule has 0 bridgehead atoms. The summed E-state index contributed by atoms with van der Waals surface area (Å²) in [6, 6.07) is 7.46. The van der Waals surface area contributed by atoms with Crippen LogP contribution in [0.15, 0.2) is 49.1 Å². The van der Waals surface area contributed by atoms with E-state index in [0.29, 0.717) is 26.8 Å². The van der Waals surface area contributed by atoms with E-state index in [0.717, 1.165) is 0 Å². The molecule has 0 aliphatic rings. The van der Waals surface area contributed by atoms with Gasteiger partial charge >= 0.3 is 0 Å². The van der Waals surface area contributed by atoms with Gasteiger partial charge in [0.2, 0.25) is 11.8 Å². The second kappa shape index (κ2) is 7.97. The maximum absolute atomic E-state index is 11.3. The van der Waals surface area contributed by atoms with Crippen LogP contribution in [0.25, 0.3) is 23.2 Å². The smallest absolute Gasteiger partial charge is 0.270 e. The number of nitro groups is 1. The van der Waals surface area contributed by atoms with Crippen molar-refractivity contribution < 1.29 is 10.0 Å². The summed E-state index contributed by atoms with van der Waals surface area (Å²) in [5, 5.41) is 25.5. The molecule has 11 heteroatoms. The summed E-state index contributed by atoms with van der Waals surface area (Å²) in [6.45, 7) is 0. The molecular formula is C19H12Cl2N6O3. The van der Waals surface area contributed by atoms with E-state index < -0.39 is 10.8 Å². The third kappa shape index (κ3) is 4.02. The van der Waals surface area contributed by atoms with Gasteiger partial charge in [0.1, 0.15) is 0 Å². The number of rotatable bonds is 5. The number of anilines is 2. The molecule has 0 atom stereocenters. The van der Waals surface area contributed by atoms with Crippen LogP contribution in [-0.4, -0.2) is 29.5 Å². The van der Waals surface area contributed by atoms with Gasteiger partial charge < -0.3 is 15.0 Å². The summed E-state index contributed by atoms with van der Waals surface area (Å²) in [4.78, 5) is 23.1. The van der Waals surface area contributed by atoms with Crippen molar-refractivity contribution in [2.24, 2.45) is 0 Å². The molecule has 4 rings (SSSR count). The Hall–Kier alpha value is -3.69. The van der Waals surface area contributed by atoms with Gasteiger partial charge in [-0.05, 0) is 24.3 Å². The summed E-state index contributed by atoms with van der Waals surface area (Å²) in [7, 11) is 0. The summed E-state index contributed by atoms with van der Waals surface area (Å²) in [5.74, 6) is -0.312. The van der Waals surface area contributed by atoms with Crippen LogP contribution < -0.4 is 5.32 Å². The Morgan fingerprint density at radius 1 is 1.17 bits per heavy atom. The highest BCUT2D eigenvalue weighted by molar-refractivity contribution is 6.42. The van der Waals surface area contributed by atoms with E-state index in [2.05, 4.69) is 20.3 Å². The number of nitrogens with one attached hydrogen (secondary N) is 1. The van der Waals surface area contributed by atoms with Crippen LogP contribution in [0.4, 0.5) is 17.3 Å². The van der Waals surface area contributed by atoms with Crippen LogP contribution >= 0.6 is 23.2 Å². The third-order valence-corrected chi connectivity index (χ3v) is 4.87. The first-order valence-corrected chi connectivity index (χ1v) is 9.23. The SMILES string of the molecule is O=[N+]([O-])c1cc(/C=C/n2ccnc2)c2nc(Nc3ccc(Cl)c(Cl)c3)nc(O)c2c1. The molecule has 4 aromatic rings. The molecule has 0 aliphatic heterocycles.